The maximum Gasteiger partial charge on any atom is 0.253 e. The van der Waals surface area contributed by atoms with E-state index in [1.165, 1.54) is 0 Å². The van der Waals surface area contributed by atoms with E-state index in [2.05, 4.69) is 10.2 Å². The molecule has 112 valence electrons. The van der Waals surface area contributed by atoms with Gasteiger partial charge in [-0.2, -0.15) is 11.8 Å². The van der Waals surface area contributed by atoms with Gasteiger partial charge < -0.3 is 14.6 Å². The first-order valence-corrected chi connectivity index (χ1v) is 7.72. The Bertz CT molecular complexity index is 449. The molecule has 0 radical (unpaired) electrons. The molecule has 1 aromatic heterocycles. The average molecular weight is 317 g/mol. The maximum absolute atomic E-state index is 10.2. The van der Waals surface area contributed by atoms with Crippen LogP contribution in [0.3, 0.4) is 0 Å². The van der Waals surface area contributed by atoms with Gasteiger partial charge in [-0.25, -0.2) is 0 Å². The molecule has 0 bridgehead atoms. The SMILES string of the molecule is CN(C)Cc1ccc(CSCCNC(=S)C[N+](=O)[O-])o1. The van der Waals surface area contributed by atoms with Crippen LogP contribution in [-0.4, -0.2) is 47.7 Å². The molecule has 0 amide bonds. The van der Waals surface area contributed by atoms with E-state index in [1.807, 2.05) is 26.2 Å². The number of rotatable bonds is 9. The highest BCUT2D eigenvalue weighted by Crippen LogP contribution is 2.15. The number of hydrogen-bond acceptors (Lipinski definition) is 6. The Labute approximate surface area is 128 Å². The quantitative estimate of drug-likeness (QED) is 0.322. The van der Waals surface area contributed by atoms with Crippen LogP contribution in [0.4, 0.5) is 0 Å². The minimum absolute atomic E-state index is 0.280. The van der Waals surface area contributed by atoms with Crippen molar-refractivity contribution in [3.05, 3.63) is 33.8 Å². The molecule has 1 N–H and O–H groups in total. The van der Waals surface area contributed by atoms with Gasteiger partial charge in [0, 0.05) is 17.2 Å². The zero-order chi connectivity index (χ0) is 15.0. The summed E-state index contributed by atoms with van der Waals surface area (Å²) < 4.78 is 5.68. The maximum atomic E-state index is 10.2. The Morgan fingerprint density at radius 3 is 2.85 bits per heavy atom. The Morgan fingerprint density at radius 1 is 1.50 bits per heavy atom. The molecule has 0 atom stereocenters. The minimum atomic E-state index is -0.433. The van der Waals surface area contributed by atoms with Crippen molar-refractivity contribution in [1.82, 2.24) is 10.2 Å². The molecule has 0 saturated carbocycles. The standard InChI is InChI=1S/C12H19N3O3S2/c1-14(2)7-10-3-4-11(18-10)9-20-6-5-13-12(19)8-15(16)17/h3-4H,5-9H2,1-2H3,(H,13,19). The molecule has 0 fully saturated rings. The lowest BCUT2D eigenvalue weighted by Gasteiger charge is -2.06. The molecule has 0 aromatic carbocycles. The number of nitrogens with one attached hydrogen (secondary N) is 1. The summed E-state index contributed by atoms with van der Waals surface area (Å²) in [5, 5.41) is 13.1. The fourth-order valence-corrected chi connectivity index (χ4v) is 2.46. The van der Waals surface area contributed by atoms with Crippen LogP contribution < -0.4 is 5.32 Å². The van der Waals surface area contributed by atoms with Crippen molar-refractivity contribution in [2.24, 2.45) is 0 Å². The van der Waals surface area contributed by atoms with Crippen LogP contribution in [0.5, 0.6) is 0 Å². The van der Waals surface area contributed by atoms with Gasteiger partial charge >= 0.3 is 0 Å². The molecule has 0 aliphatic carbocycles. The third kappa shape index (κ3) is 7.46. The molecule has 1 heterocycles. The number of furan rings is 1. The molecule has 6 nitrogen and oxygen atoms in total. The third-order valence-corrected chi connectivity index (χ3v) is 3.53. The summed E-state index contributed by atoms with van der Waals surface area (Å²) in [5.74, 6) is 3.51. The Hall–Kier alpha value is -1.12. The smallest absolute Gasteiger partial charge is 0.253 e. The monoisotopic (exact) mass is 317 g/mol. The summed E-state index contributed by atoms with van der Waals surface area (Å²) >= 11 is 6.53. The van der Waals surface area contributed by atoms with Gasteiger partial charge in [0.15, 0.2) is 0 Å². The molecule has 1 aromatic rings. The zero-order valence-electron chi connectivity index (χ0n) is 11.6. The average Bonchev–Trinajstić information content (AvgIpc) is 2.74. The largest absolute Gasteiger partial charge is 0.464 e. The molecular formula is C12H19N3O3S2. The normalized spacial score (nSPS) is 10.8. The van der Waals surface area contributed by atoms with Crippen LogP contribution in [0.25, 0.3) is 0 Å². The second-order valence-electron chi connectivity index (χ2n) is 4.50. The highest BCUT2D eigenvalue weighted by Gasteiger charge is 2.05. The van der Waals surface area contributed by atoms with Crippen molar-refractivity contribution in [3.8, 4) is 0 Å². The van der Waals surface area contributed by atoms with Crippen LogP contribution >= 0.6 is 24.0 Å². The summed E-state index contributed by atoms with van der Waals surface area (Å²) in [6.07, 6.45) is 0. The van der Waals surface area contributed by atoms with Crippen LogP contribution in [0.15, 0.2) is 16.5 Å². The van der Waals surface area contributed by atoms with Crippen LogP contribution in [0.1, 0.15) is 11.5 Å². The lowest BCUT2D eigenvalue weighted by molar-refractivity contribution is -0.463. The van der Waals surface area contributed by atoms with Gasteiger partial charge in [-0.3, -0.25) is 10.1 Å². The fourth-order valence-electron chi connectivity index (χ4n) is 1.51. The van der Waals surface area contributed by atoms with Gasteiger partial charge in [0.2, 0.25) is 0 Å². The van der Waals surface area contributed by atoms with Gasteiger partial charge in [0.05, 0.1) is 12.3 Å². The van der Waals surface area contributed by atoms with Gasteiger partial charge in [0.1, 0.15) is 16.5 Å². The summed E-state index contributed by atoms with van der Waals surface area (Å²) in [4.78, 5) is 12.1. The molecule has 0 aliphatic rings. The summed E-state index contributed by atoms with van der Waals surface area (Å²) in [5.41, 5.74) is 0. The van der Waals surface area contributed by atoms with E-state index in [4.69, 9.17) is 16.6 Å². The van der Waals surface area contributed by atoms with Crippen LogP contribution in [-0.2, 0) is 12.3 Å². The van der Waals surface area contributed by atoms with Crippen molar-refractivity contribution >= 4 is 29.0 Å². The summed E-state index contributed by atoms with van der Waals surface area (Å²) in [6.45, 7) is 1.12. The second-order valence-corrected chi connectivity index (χ2v) is 6.10. The minimum Gasteiger partial charge on any atom is -0.464 e. The molecule has 0 unspecified atom stereocenters. The van der Waals surface area contributed by atoms with E-state index in [1.54, 1.807) is 11.8 Å². The molecule has 0 spiro atoms. The van der Waals surface area contributed by atoms with Crippen molar-refractivity contribution in [3.63, 3.8) is 0 Å². The first-order valence-electron chi connectivity index (χ1n) is 6.16. The number of nitrogens with zero attached hydrogens (tertiary/aromatic N) is 2. The molecule has 20 heavy (non-hydrogen) atoms. The number of thioether (sulfide) groups is 1. The predicted octanol–water partition coefficient (Wildman–Crippen LogP) is 1.77. The van der Waals surface area contributed by atoms with Crippen LogP contribution in [0.2, 0.25) is 0 Å². The van der Waals surface area contributed by atoms with Gasteiger partial charge in [0.25, 0.3) is 6.54 Å². The third-order valence-electron chi connectivity index (χ3n) is 2.27. The van der Waals surface area contributed by atoms with E-state index in [0.29, 0.717) is 6.54 Å². The van der Waals surface area contributed by atoms with E-state index in [0.717, 1.165) is 29.6 Å². The molecule has 8 heteroatoms. The lowest BCUT2D eigenvalue weighted by atomic mass is 10.4. The predicted molar refractivity (Wildman–Crippen MR) is 84.7 cm³/mol. The molecule has 0 saturated heterocycles. The van der Waals surface area contributed by atoms with Crippen LogP contribution in [0, 0.1) is 10.1 Å². The first kappa shape index (κ1) is 16.9. The van der Waals surface area contributed by atoms with Crippen molar-refractivity contribution in [1.29, 1.82) is 0 Å². The van der Waals surface area contributed by atoms with Gasteiger partial charge in [-0.05, 0) is 26.2 Å². The second kappa shape index (κ2) is 8.93. The van der Waals surface area contributed by atoms with E-state index >= 15 is 0 Å². The van der Waals surface area contributed by atoms with E-state index < -0.39 is 4.92 Å². The summed E-state index contributed by atoms with van der Waals surface area (Å²) in [6, 6.07) is 3.97. The summed E-state index contributed by atoms with van der Waals surface area (Å²) in [7, 11) is 3.99. The Kier molecular flexibility index (Phi) is 7.56. The van der Waals surface area contributed by atoms with Gasteiger partial charge in [-0.15, -0.1) is 0 Å². The Morgan fingerprint density at radius 2 is 2.20 bits per heavy atom. The number of nitro groups is 1. The van der Waals surface area contributed by atoms with Crippen molar-refractivity contribution in [2.75, 3.05) is 32.9 Å². The topological polar surface area (TPSA) is 71.5 Å². The zero-order valence-corrected chi connectivity index (χ0v) is 13.3. The molecule has 0 aliphatic heterocycles. The highest BCUT2D eigenvalue weighted by molar-refractivity contribution is 7.98. The molecular weight excluding hydrogens is 298 g/mol. The van der Waals surface area contributed by atoms with E-state index in [-0.39, 0.29) is 11.5 Å². The lowest BCUT2D eigenvalue weighted by Crippen LogP contribution is -2.29. The fraction of sp³-hybridized carbons (Fsp3) is 0.583. The highest BCUT2D eigenvalue weighted by atomic mass is 32.2. The van der Waals surface area contributed by atoms with Crippen molar-refractivity contribution < 1.29 is 9.34 Å². The van der Waals surface area contributed by atoms with E-state index in [9.17, 15) is 10.1 Å². The number of hydrogen-bond donors (Lipinski definition) is 1. The van der Waals surface area contributed by atoms with Gasteiger partial charge in [-0.1, -0.05) is 12.2 Å². The Balaban J connectivity index is 2.13. The molecule has 1 rings (SSSR count). The first-order chi connectivity index (χ1) is 9.47. The number of thiocarbonyl (C=S) groups is 1. The van der Waals surface area contributed by atoms with Crippen molar-refractivity contribution in [2.45, 2.75) is 12.3 Å².